The Labute approximate surface area is 111 Å². The summed E-state index contributed by atoms with van der Waals surface area (Å²) in [6.07, 6.45) is 1.80. The van der Waals surface area contributed by atoms with Crippen LogP contribution in [-0.2, 0) is 0 Å². The minimum Gasteiger partial charge on any atom is -0.333 e. The maximum Gasteiger partial charge on any atom is 0.265 e. The second-order valence-electron chi connectivity index (χ2n) is 4.93. The monoisotopic (exact) mass is 265 g/mol. The summed E-state index contributed by atoms with van der Waals surface area (Å²) in [6, 6.07) is 5.30. The van der Waals surface area contributed by atoms with Gasteiger partial charge in [-0.3, -0.25) is 4.79 Å². The number of hydrogen-bond acceptors (Lipinski definition) is 1. The number of amides is 1. The lowest BCUT2D eigenvalue weighted by molar-refractivity contribution is -0.0560. The van der Waals surface area contributed by atoms with Gasteiger partial charge in [-0.05, 0) is 30.5 Å². The Morgan fingerprint density at radius 2 is 2.21 bits per heavy atom. The van der Waals surface area contributed by atoms with Gasteiger partial charge in [0, 0.05) is 18.5 Å². The molecule has 0 spiro atoms. The predicted molar refractivity (Wildman–Crippen MR) is 71.4 cm³/mol. The molecule has 1 aliphatic rings. The fourth-order valence-corrected chi connectivity index (χ4v) is 2.45. The molecule has 0 N–H and O–H groups in total. The number of rotatable bonds is 2. The molecule has 0 unspecified atom stereocenters. The van der Waals surface area contributed by atoms with Gasteiger partial charge in [-0.25, -0.2) is 8.78 Å². The molecule has 0 aromatic heterocycles. The second kappa shape index (κ2) is 5.11. The normalized spacial score (nSPS) is 18.2. The maximum atomic E-state index is 13.4. The second-order valence-corrected chi connectivity index (χ2v) is 4.93. The van der Waals surface area contributed by atoms with Crippen LogP contribution in [0.1, 0.15) is 34.3 Å². The average molecular weight is 265 g/mol. The molecule has 1 heterocycles. The van der Waals surface area contributed by atoms with Crippen LogP contribution in [0, 0.1) is 6.92 Å². The average Bonchev–Trinajstić information content (AvgIpc) is 2.36. The molecule has 1 aromatic rings. The van der Waals surface area contributed by atoms with Gasteiger partial charge in [0.2, 0.25) is 0 Å². The van der Waals surface area contributed by atoms with Crippen molar-refractivity contribution in [1.29, 1.82) is 0 Å². The SMILES string of the molecule is C=Cc1c(C)cccc1C(=O)N1CCCC(F)(F)C1. The summed E-state index contributed by atoms with van der Waals surface area (Å²) in [4.78, 5) is 13.6. The molecule has 19 heavy (non-hydrogen) atoms. The third-order valence-electron chi connectivity index (χ3n) is 3.44. The van der Waals surface area contributed by atoms with Crippen LogP contribution in [-0.4, -0.2) is 29.8 Å². The van der Waals surface area contributed by atoms with Crippen LogP contribution in [0.5, 0.6) is 0 Å². The van der Waals surface area contributed by atoms with E-state index >= 15 is 0 Å². The molecule has 1 aliphatic heterocycles. The van der Waals surface area contributed by atoms with E-state index in [9.17, 15) is 13.6 Å². The van der Waals surface area contributed by atoms with Gasteiger partial charge in [-0.2, -0.15) is 0 Å². The van der Waals surface area contributed by atoms with Crippen LogP contribution >= 0.6 is 0 Å². The Morgan fingerprint density at radius 1 is 1.47 bits per heavy atom. The fourth-order valence-electron chi connectivity index (χ4n) is 2.45. The van der Waals surface area contributed by atoms with E-state index in [4.69, 9.17) is 0 Å². The number of aryl methyl sites for hydroxylation is 1. The topological polar surface area (TPSA) is 20.3 Å². The first-order valence-corrected chi connectivity index (χ1v) is 6.34. The largest absolute Gasteiger partial charge is 0.333 e. The summed E-state index contributed by atoms with van der Waals surface area (Å²) in [5, 5.41) is 0. The van der Waals surface area contributed by atoms with Crippen molar-refractivity contribution in [3.63, 3.8) is 0 Å². The Balaban J connectivity index is 2.29. The highest BCUT2D eigenvalue weighted by Gasteiger charge is 2.37. The molecule has 1 fully saturated rings. The summed E-state index contributed by atoms with van der Waals surface area (Å²) in [5.74, 6) is -3.11. The van der Waals surface area contributed by atoms with E-state index < -0.39 is 12.5 Å². The molecular weight excluding hydrogens is 248 g/mol. The Hall–Kier alpha value is -1.71. The fraction of sp³-hybridized carbons (Fsp3) is 0.400. The molecule has 1 aromatic carbocycles. The standard InChI is InChI=1S/C15H17F2NO/c1-3-12-11(2)6-4-7-13(12)14(19)18-9-5-8-15(16,17)10-18/h3-4,6-7H,1,5,8-10H2,2H3. The minimum absolute atomic E-state index is 0.140. The highest BCUT2D eigenvalue weighted by atomic mass is 19.3. The Morgan fingerprint density at radius 3 is 2.84 bits per heavy atom. The molecule has 2 nitrogen and oxygen atoms in total. The van der Waals surface area contributed by atoms with Crippen LogP contribution < -0.4 is 0 Å². The first-order chi connectivity index (χ1) is 8.94. The molecule has 0 saturated carbocycles. The number of piperidine rings is 1. The van der Waals surface area contributed by atoms with Crippen molar-refractivity contribution in [2.75, 3.05) is 13.1 Å². The summed E-state index contributed by atoms with van der Waals surface area (Å²) in [7, 11) is 0. The van der Waals surface area contributed by atoms with E-state index in [2.05, 4.69) is 6.58 Å². The zero-order chi connectivity index (χ0) is 14.0. The van der Waals surface area contributed by atoms with E-state index in [1.165, 1.54) is 4.90 Å². The van der Waals surface area contributed by atoms with Crippen molar-refractivity contribution in [3.8, 4) is 0 Å². The molecule has 1 amide bonds. The van der Waals surface area contributed by atoms with Crippen LogP contribution in [0.4, 0.5) is 8.78 Å². The maximum absolute atomic E-state index is 13.4. The van der Waals surface area contributed by atoms with Gasteiger partial charge in [0.05, 0.1) is 6.54 Å². The summed E-state index contributed by atoms with van der Waals surface area (Å²) < 4.78 is 26.8. The molecule has 2 rings (SSSR count). The van der Waals surface area contributed by atoms with Crippen molar-refractivity contribution in [3.05, 3.63) is 41.5 Å². The molecule has 0 radical (unpaired) electrons. The highest BCUT2D eigenvalue weighted by molar-refractivity contribution is 5.98. The lowest BCUT2D eigenvalue weighted by Crippen LogP contribution is -2.45. The Kier molecular flexibility index (Phi) is 3.69. The number of hydrogen-bond donors (Lipinski definition) is 0. The van der Waals surface area contributed by atoms with Crippen LogP contribution in [0.2, 0.25) is 0 Å². The van der Waals surface area contributed by atoms with Crippen molar-refractivity contribution >= 4 is 12.0 Å². The van der Waals surface area contributed by atoms with Crippen molar-refractivity contribution < 1.29 is 13.6 Å². The van der Waals surface area contributed by atoms with Gasteiger partial charge in [0.25, 0.3) is 11.8 Å². The zero-order valence-electron chi connectivity index (χ0n) is 11.0. The van der Waals surface area contributed by atoms with E-state index in [0.29, 0.717) is 18.5 Å². The number of benzene rings is 1. The lowest BCUT2D eigenvalue weighted by Gasteiger charge is -2.32. The van der Waals surface area contributed by atoms with E-state index in [-0.39, 0.29) is 12.3 Å². The van der Waals surface area contributed by atoms with Gasteiger partial charge >= 0.3 is 0 Å². The smallest absolute Gasteiger partial charge is 0.265 e. The van der Waals surface area contributed by atoms with Gasteiger partial charge in [0.1, 0.15) is 0 Å². The minimum atomic E-state index is -2.77. The quantitative estimate of drug-likeness (QED) is 0.801. The molecule has 0 bridgehead atoms. The molecule has 4 heteroatoms. The Bertz CT molecular complexity index is 511. The van der Waals surface area contributed by atoms with E-state index in [0.717, 1.165) is 11.1 Å². The first kappa shape index (κ1) is 13.7. The number of halogens is 2. The molecule has 1 saturated heterocycles. The third-order valence-corrected chi connectivity index (χ3v) is 3.44. The van der Waals surface area contributed by atoms with Gasteiger partial charge in [0.15, 0.2) is 0 Å². The van der Waals surface area contributed by atoms with E-state index in [1.807, 2.05) is 13.0 Å². The third kappa shape index (κ3) is 2.83. The summed E-state index contributed by atoms with van der Waals surface area (Å²) in [6.45, 7) is 5.46. The number of carbonyl (C=O) groups is 1. The number of nitrogens with zero attached hydrogens (tertiary/aromatic N) is 1. The molecule has 0 atom stereocenters. The number of likely N-dealkylation sites (tertiary alicyclic amines) is 1. The van der Waals surface area contributed by atoms with Crippen LogP contribution in [0.3, 0.4) is 0 Å². The van der Waals surface area contributed by atoms with Crippen molar-refractivity contribution in [2.45, 2.75) is 25.7 Å². The zero-order valence-corrected chi connectivity index (χ0v) is 11.0. The molecule has 102 valence electrons. The number of alkyl halides is 2. The first-order valence-electron chi connectivity index (χ1n) is 6.34. The lowest BCUT2D eigenvalue weighted by atomic mass is 9.99. The van der Waals surface area contributed by atoms with E-state index in [1.54, 1.807) is 18.2 Å². The van der Waals surface area contributed by atoms with Gasteiger partial charge in [-0.15, -0.1) is 0 Å². The molecule has 0 aliphatic carbocycles. The van der Waals surface area contributed by atoms with Crippen LogP contribution in [0.25, 0.3) is 6.08 Å². The highest BCUT2D eigenvalue weighted by Crippen LogP contribution is 2.28. The molecular formula is C15H17F2NO. The van der Waals surface area contributed by atoms with Crippen molar-refractivity contribution in [2.24, 2.45) is 0 Å². The van der Waals surface area contributed by atoms with Crippen LogP contribution in [0.15, 0.2) is 24.8 Å². The summed E-state index contributed by atoms with van der Waals surface area (Å²) in [5.41, 5.74) is 2.10. The predicted octanol–water partition coefficient (Wildman–Crippen LogP) is 3.51. The van der Waals surface area contributed by atoms with Gasteiger partial charge in [-0.1, -0.05) is 24.8 Å². The van der Waals surface area contributed by atoms with Gasteiger partial charge < -0.3 is 4.90 Å². The summed E-state index contributed by atoms with van der Waals surface area (Å²) >= 11 is 0. The number of carbonyl (C=O) groups excluding carboxylic acids is 1. The van der Waals surface area contributed by atoms with Crippen molar-refractivity contribution in [1.82, 2.24) is 4.90 Å².